The van der Waals surface area contributed by atoms with Crippen LogP contribution in [-0.2, 0) is 28.6 Å². The lowest BCUT2D eigenvalue weighted by Gasteiger charge is -2.34. The Balaban J connectivity index is 4.35. The highest BCUT2D eigenvalue weighted by Gasteiger charge is 2.25. The zero-order valence-electron chi connectivity index (χ0n) is 38.4. The first-order valence-electron chi connectivity index (χ1n) is 23.5. The number of esters is 2. The van der Waals surface area contributed by atoms with Crippen LogP contribution >= 0.6 is 0 Å². The lowest BCUT2D eigenvalue weighted by Crippen LogP contribution is -2.55. The van der Waals surface area contributed by atoms with Gasteiger partial charge in [0.1, 0.15) is 12.6 Å². The number of rotatable bonds is 41. The van der Waals surface area contributed by atoms with Crippen molar-refractivity contribution in [1.82, 2.24) is 0 Å². The van der Waals surface area contributed by atoms with Crippen LogP contribution in [0.5, 0.6) is 0 Å². The Bertz CT molecular complexity index is 1190. The summed E-state index contributed by atoms with van der Waals surface area (Å²) in [5, 5.41) is 11.6. The van der Waals surface area contributed by atoms with E-state index in [9.17, 15) is 19.5 Å². The van der Waals surface area contributed by atoms with Crippen LogP contribution in [0.4, 0.5) is 0 Å². The molecule has 0 aliphatic carbocycles. The Kier molecular flexibility index (Phi) is 39.2. The molecule has 2 atom stereocenters. The molecule has 8 heteroatoms. The molecule has 338 valence electrons. The highest BCUT2D eigenvalue weighted by atomic mass is 16.6. The number of allylic oxidation sites excluding steroid dienone is 12. The Morgan fingerprint density at radius 2 is 0.966 bits per heavy atom. The van der Waals surface area contributed by atoms with Crippen molar-refractivity contribution in [2.45, 2.75) is 193 Å². The van der Waals surface area contributed by atoms with E-state index < -0.39 is 18.1 Å². The molecule has 0 fully saturated rings. The molecule has 0 aliphatic heterocycles. The molecule has 0 saturated carbocycles. The van der Waals surface area contributed by atoms with Gasteiger partial charge < -0.3 is 28.6 Å². The smallest absolute Gasteiger partial charge is 0.306 e. The maximum atomic E-state index is 12.7. The SMILES string of the molecule is CC/C=C/C=C/C=C/C=C/C=C/CCCCCC(=O)OC(COCCC(C(=O)[O-])[N+](C)(C)C)COC(=O)CCCCCCCCC/C=C/CCCCCCCCCCC. The normalized spacial score (nSPS) is 13.6. The summed E-state index contributed by atoms with van der Waals surface area (Å²) in [6.45, 7) is 4.47. The minimum absolute atomic E-state index is 0.0186. The minimum Gasteiger partial charge on any atom is -0.544 e. The van der Waals surface area contributed by atoms with Crippen LogP contribution in [0.1, 0.15) is 181 Å². The molecule has 0 radical (unpaired) electrons. The van der Waals surface area contributed by atoms with E-state index in [2.05, 4.69) is 38.2 Å². The van der Waals surface area contributed by atoms with Gasteiger partial charge in [-0.2, -0.15) is 0 Å². The lowest BCUT2D eigenvalue weighted by atomic mass is 10.1. The van der Waals surface area contributed by atoms with E-state index >= 15 is 0 Å². The number of carboxylic acids is 1. The van der Waals surface area contributed by atoms with Gasteiger partial charge in [0.25, 0.3) is 0 Å². The third kappa shape index (κ3) is 40.0. The second-order valence-electron chi connectivity index (χ2n) is 16.7. The number of nitrogens with zero attached hydrogens (tertiary/aromatic N) is 1. The number of aliphatic carboxylic acids is 1. The van der Waals surface area contributed by atoms with Gasteiger partial charge in [-0.15, -0.1) is 0 Å². The van der Waals surface area contributed by atoms with Crippen LogP contribution < -0.4 is 5.11 Å². The standard InChI is InChI=1S/C51H87NO7/c1-6-8-10-12-14-16-18-20-22-23-24-25-26-28-29-31-33-35-37-39-41-49(53)58-46-47(45-57-44-43-48(51(55)56)52(3,4)5)59-50(54)42-40-38-36-34-32-30-27-21-19-17-15-13-11-9-7-2/h9,11,13,15,17,19,21,24-25,27,30,32,47-48H,6-8,10,12,14,16,18,20,22-23,26,28-29,31,33-46H2,1-5H3/b11-9+,15-13+,19-17+,25-24+,27-21+,32-30+. The maximum Gasteiger partial charge on any atom is 0.306 e. The highest BCUT2D eigenvalue weighted by molar-refractivity contribution is 5.70. The van der Waals surface area contributed by atoms with Gasteiger partial charge in [0, 0.05) is 19.3 Å². The topological polar surface area (TPSA) is 102 Å². The van der Waals surface area contributed by atoms with E-state index in [1.165, 1.54) is 96.3 Å². The summed E-state index contributed by atoms with van der Waals surface area (Å²) in [5.41, 5.74) is 0. The first-order chi connectivity index (χ1) is 28.6. The van der Waals surface area contributed by atoms with Crippen molar-refractivity contribution in [2.75, 3.05) is 41.0 Å². The molecule has 8 nitrogen and oxygen atoms in total. The van der Waals surface area contributed by atoms with Crippen molar-refractivity contribution < 1.29 is 38.2 Å². The number of hydrogen-bond donors (Lipinski definition) is 0. The van der Waals surface area contributed by atoms with Crippen molar-refractivity contribution in [3.05, 3.63) is 72.9 Å². The molecule has 0 rings (SSSR count). The molecule has 0 aromatic carbocycles. The molecule has 2 unspecified atom stereocenters. The lowest BCUT2D eigenvalue weighted by molar-refractivity contribution is -0.889. The van der Waals surface area contributed by atoms with Gasteiger partial charge in [-0.1, -0.05) is 177 Å². The quantitative estimate of drug-likeness (QED) is 0.0199. The summed E-state index contributed by atoms with van der Waals surface area (Å²) in [4.78, 5) is 36.9. The molecule has 0 aromatic rings. The zero-order chi connectivity index (χ0) is 43.5. The largest absolute Gasteiger partial charge is 0.544 e. The van der Waals surface area contributed by atoms with Crippen LogP contribution in [0.3, 0.4) is 0 Å². The molecular formula is C51H87NO7. The summed E-state index contributed by atoms with van der Waals surface area (Å²) in [6, 6.07) is -0.738. The Labute approximate surface area is 361 Å². The molecule has 0 bridgehead atoms. The van der Waals surface area contributed by atoms with Crippen molar-refractivity contribution in [3.63, 3.8) is 0 Å². The fraction of sp³-hybridized carbons (Fsp3) is 0.706. The second kappa shape index (κ2) is 41.5. The molecular weight excluding hydrogens is 739 g/mol. The molecule has 0 spiro atoms. The monoisotopic (exact) mass is 826 g/mol. The third-order valence-corrected chi connectivity index (χ3v) is 10.2. The van der Waals surface area contributed by atoms with Crippen LogP contribution in [-0.4, -0.2) is 75.5 Å². The Morgan fingerprint density at radius 3 is 1.47 bits per heavy atom. The number of hydrogen-bond acceptors (Lipinski definition) is 7. The first kappa shape index (κ1) is 55.8. The molecule has 0 aliphatic rings. The van der Waals surface area contributed by atoms with Gasteiger partial charge >= 0.3 is 11.9 Å². The summed E-state index contributed by atoms with van der Waals surface area (Å²) in [7, 11) is 5.38. The maximum absolute atomic E-state index is 12.7. The molecule has 0 saturated heterocycles. The molecule has 59 heavy (non-hydrogen) atoms. The van der Waals surface area contributed by atoms with E-state index in [-0.39, 0.29) is 49.1 Å². The van der Waals surface area contributed by atoms with Gasteiger partial charge in [0.2, 0.25) is 0 Å². The zero-order valence-corrected chi connectivity index (χ0v) is 38.4. The number of unbranched alkanes of at least 4 members (excludes halogenated alkanes) is 19. The molecule has 0 amide bonds. The summed E-state index contributed by atoms with van der Waals surface area (Å²) in [6.07, 6.45) is 52.2. The second-order valence-corrected chi connectivity index (χ2v) is 16.7. The summed E-state index contributed by atoms with van der Waals surface area (Å²) < 4.78 is 17.1. The number of carboxylic acid groups (broad SMARTS) is 1. The van der Waals surface area contributed by atoms with Gasteiger partial charge in [0.05, 0.1) is 40.3 Å². The van der Waals surface area contributed by atoms with Gasteiger partial charge in [-0.25, -0.2) is 0 Å². The van der Waals surface area contributed by atoms with Crippen LogP contribution in [0.2, 0.25) is 0 Å². The minimum atomic E-state index is -1.14. The summed E-state index contributed by atoms with van der Waals surface area (Å²) >= 11 is 0. The summed E-state index contributed by atoms with van der Waals surface area (Å²) in [5.74, 6) is -1.80. The van der Waals surface area contributed by atoms with E-state index in [1.54, 1.807) is 21.1 Å². The molecule has 0 aromatic heterocycles. The van der Waals surface area contributed by atoms with E-state index in [0.717, 1.165) is 44.9 Å². The van der Waals surface area contributed by atoms with Crippen molar-refractivity contribution in [2.24, 2.45) is 0 Å². The number of carbonyl (C=O) groups excluding carboxylic acids is 3. The van der Waals surface area contributed by atoms with E-state index in [1.807, 2.05) is 48.6 Å². The van der Waals surface area contributed by atoms with Crippen LogP contribution in [0.15, 0.2) is 72.9 Å². The third-order valence-electron chi connectivity index (χ3n) is 10.2. The van der Waals surface area contributed by atoms with Crippen molar-refractivity contribution >= 4 is 17.9 Å². The fourth-order valence-electron chi connectivity index (χ4n) is 6.56. The Hall–Kier alpha value is -3.23. The van der Waals surface area contributed by atoms with E-state index in [4.69, 9.17) is 14.2 Å². The molecule has 0 N–H and O–H groups in total. The predicted octanol–water partition coefficient (Wildman–Crippen LogP) is 11.8. The first-order valence-corrected chi connectivity index (χ1v) is 23.5. The van der Waals surface area contributed by atoms with Crippen molar-refractivity contribution in [1.29, 1.82) is 0 Å². The Morgan fingerprint density at radius 1 is 0.525 bits per heavy atom. The number of carbonyl (C=O) groups is 3. The van der Waals surface area contributed by atoms with E-state index in [0.29, 0.717) is 12.8 Å². The number of ether oxygens (including phenoxy) is 3. The van der Waals surface area contributed by atoms with Gasteiger partial charge in [0.15, 0.2) is 6.10 Å². The van der Waals surface area contributed by atoms with Crippen molar-refractivity contribution in [3.8, 4) is 0 Å². The predicted molar refractivity (Wildman–Crippen MR) is 245 cm³/mol. The average molecular weight is 826 g/mol. The van der Waals surface area contributed by atoms with Gasteiger partial charge in [-0.3, -0.25) is 9.59 Å². The van der Waals surface area contributed by atoms with Crippen LogP contribution in [0, 0.1) is 0 Å². The molecule has 0 heterocycles. The number of quaternary nitrogens is 1. The van der Waals surface area contributed by atoms with Crippen LogP contribution in [0.25, 0.3) is 0 Å². The average Bonchev–Trinajstić information content (AvgIpc) is 3.19. The highest BCUT2D eigenvalue weighted by Crippen LogP contribution is 2.14. The number of likely N-dealkylation sites (N-methyl/N-ethyl adjacent to an activating group) is 1. The van der Waals surface area contributed by atoms with Gasteiger partial charge in [-0.05, 0) is 57.8 Å². The fourth-order valence-corrected chi connectivity index (χ4v) is 6.56.